The van der Waals surface area contributed by atoms with E-state index < -0.39 is 115 Å². The first kappa shape index (κ1) is 52.7. The number of phenolic OH excluding ortho intramolecular Hbond substituents is 1. The largest absolute Gasteiger partial charge is 0.508 e. The molecule has 0 bridgehead atoms. The van der Waals surface area contributed by atoms with Crippen molar-refractivity contribution in [2.45, 2.75) is 123 Å². The molecule has 1 aliphatic rings. The zero-order valence-corrected chi connectivity index (χ0v) is 37.4. The lowest BCUT2D eigenvalue weighted by molar-refractivity contribution is -0.142. The van der Waals surface area contributed by atoms with Crippen molar-refractivity contribution in [2.75, 3.05) is 25.4 Å². The van der Waals surface area contributed by atoms with Crippen molar-refractivity contribution in [1.82, 2.24) is 42.1 Å². The van der Waals surface area contributed by atoms with E-state index >= 15 is 0 Å². The Hall–Kier alpha value is -5.44. The lowest BCUT2D eigenvalue weighted by Crippen LogP contribution is -2.60. The minimum atomic E-state index is -1.31. The number of hydrogen-bond acceptors (Lipinski definition) is 12. The van der Waals surface area contributed by atoms with Crippen LogP contribution in [0.1, 0.15) is 79.7 Å². The van der Waals surface area contributed by atoms with Gasteiger partial charge in [-0.1, -0.05) is 53.7 Å². The number of carboxylic acid groups (broad SMARTS) is 1. The van der Waals surface area contributed by atoms with Crippen molar-refractivity contribution in [2.24, 2.45) is 23.5 Å². The van der Waals surface area contributed by atoms with Crippen molar-refractivity contribution >= 4 is 65.9 Å². The number of likely N-dealkylation sites (tertiary alicyclic amines) is 1. The van der Waals surface area contributed by atoms with E-state index in [1.807, 2.05) is 13.8 Å². The Labute approximate surface area is 367 Å². The average molecular weight is 892 g/mol. The molecular weight excluding hydrogens is 827 g/mol. The highest BCUT2D eigenvalue weighted by atomic mass is 32.1. The average Bonchev–Trinajstić information content (AvgIpc) is 3.69. The van der Waals surface area contributed by atoms with Crippen LogP contribution in [0.4, 0.5) is 0 Å². The fraction of sp³-hybridized carbons (Fsp3) is 0.634. The first-order chi connectivity index (χ1) is 29.0. The number of nitrogens with zero attached hydrogens (tertiary/aromatic N) is 1. The summed E-state index contributed by atoms with van der Waals surface area (Å²) in [4.78, 5) is 118. The number of carbonyl (C=O) groups is 9. The number of carboxylic acids is 1. The van der Waals surface area contributed by atoms with Gasteiger partial charge < -0.3 is 58.1 Å². The summed E-state index contributed by atoms with van der Waals surface area (Å²) in [6.07, 6.45) is 1.08. The molecule has 0 aromatic heterocycles. The third kappa shape index (κ3) is 17.5. The Kier molecular flexibility index (Phi) is 21.7. The fourth-order valence-corrected chi connectivity index (χ4v) is 6.81. The van der Waals surface area contributed by atoms with Crippen LogP contribution in [0.3, 0.4) is 0 Å². The summed E-state index contributed by atoms with van der Waals surface area (Å²) in [5, 5.41) is 37.0. The second-order valence-corrected chi connectivity index (χ2v) is 17.0. The van der Waals surface area contributed by atoms with E-state index in [0.717, 1.165) is 0 Å². The maximum atomic E-state index is 13.7. The summed E-state index contributed by atoms with van der Waals surface area (Å²) in [6, 6.07) is -1.88. The van der Waals surface area contributed by atoms with Crippen LogP contribution in [-0.2, 0) is 49.6 Å². The molecule has 1 saturated heterocycles. The van der Waals surface area contributed by atoms with E-state index in [-0.39, 0.29) is 55.6 Å². The molecule has 0 aliphatic carbocycles. The first-order valence-electron chi connectivity index (χ1n) is 20.8. The van der Waals surface area contributed by atoms with Gasteiger partial charge in [-0.15, -0.1) is 0 Å². The lowest BCUT2D eigenvalue weighted by atomic mass is 9.99. The van der Waals surface area contributed by atoms with Crippen molar-refractivity contribution in [1.29, 1.82) is 0 Å². The second kappa shape index (κ2) is 25.5. The summed E-state index contributed by atoms with van der Waals surface area (Å²) >= 11 is 4.26. The van der Waals surface area contributed by atoms with Crippen LogP contribution >= 0.6 is 12.6 Å². The van der Waals surface area contributed by atoms with E-state index in [2.05, 4.69) is 49.8 Å². The smallest absolute Gasteiger partial charge is 0.326 e. The van der Waals surface area contributed by atoms with Crippen molar-refractivity contribution in [3.05, 3.63) is 29.8 Å². The van der Waals surface area contributed by atoms with Gasteiger partial charge in [0.15, 0.2) is 0 Å². The Balaban J connectivity index is 2.16. The molecular formula is C41H65N9O11S. The van der Waals surface area contributed by atoms with Crippen LogP contribution in [0.5, 0.6) is 5.75 Å². The predicted molar refractivity (Wildman–Crippen MR) is 231 cm³/mol. The van der Waals surface area contributed by atoms with Gasteiger partial charge in [0, 0.05) is 18.7 Å². The maximum Gasteiger partial charge on any atom is 0.326 e. The van der Waals surface area contributed by atoms with Crippen molar-refractivity contribution in [3.63, 3.8) is 0 Å². The van der Waals surface area contributed by atoms with Crippen LogP contribution in [0, 0.1) is 17.8 Å². The number of nitrogens with two attached hydrogens (primary N) is 1. The van der Waals surface area contributed by atoms with Crippen LogP contribution < -0.4 is 43.0 Å². The number of amides is 8. The molecule has 0 saturated carbocycles. The van der Waals surface area contributed by atoms with Gasteiger partial charge in [0.1, 0.15) is 42.0 Å². The SMILES string of the molecule is CC(C)C[C@H](NC(=O)CNC(=O)[C@@H]1CCCN1C(=O)CNC(=O)[C@H](Cc1ccc(O)cc1)NC(=O)[C@H](CS)NC(=O)[C@@H](NC(=O)[C@H](CC(C)C)NC(=O)[C@H](C)N)C(C)C)C(=O)O. The fourth-order valence-electron chi connectivity index (χ4n) is 6.55. The first-order valence-corrected chi connectivity index (χ1v) is 21.4. The molecule has 0 spiro atoms. The van der Waals surface area contributed by atoms with E-state index in [4.69, 9.17) is 5.73 Å². The number of aromatic hydroxyl groups is 1. The van der Waals surface area contributed by atoms with Crippen LogP contribution in [0.2, 0.25) is 0 Å². The number of benzene rings is 1. The topological polar surface area (TPSA) is 308 Å². The molecule has 0 unspecified atom stereocenters. The number of thiol groups is 1. The standard InChI is InChI=1S/C41H65N9O11S/c1-21(2)15-27(46-35(54)24(7)42)37(56)49-34(23(5)6)40(59)48-30(20-62)38(57)47-28(17-25-10-12-26(51)13-11-25)36(55)44-19-33(53)50-14-8-9-31(50)39(58)43-18-32(52)45-29(41(60)61)16-22(3)4/h10-13,21-24,27-31,34,51,62H,8-9,14-20,42H2,1-7H3,(H,43,58)(H,44,55)(H,45,52)(H,46,54)(H,47,57)(H,48,59)(H,49,56)(H,60,61)/t24-,27-,28-,29-,30-,31-,34-/m0/s1. The molecule has 11 N–H and O–H groups in total. The number of hydrogen-bond donors (Lipinski definition) is 11. The molecule has 346 valence electrons. The second-order valence-electron chi connectivity index (χ2n) is 16.7. The molecule has 1 heterocycles. The molecule has 1 aromatic carbocycles. The van der Waals surface area contributed by atoms with Crippen LogP contribution in [-0.4, -0.2) is 136 Å². The molecule has 21 heteroatoms. The third-order valence-electron chi connectivity index (χ3n) is 9.88. The number of rotatable bonds is 24. The summed E-state index contributed by atoms with van der Waals surface area (Å²) in [7, 11) is 0. The quantitative estimate of drug-likeness (QED) is 0.0540. The summed E-state index contributed by atoms with van der Waals surface area (Å²) in [5.74, 6) is -7.39. The van der Waals surface area contributed by atoms with Crippen LogP contribution in [0.25, 0.3) is 0 Å². The number of nitrogens with one attached hydrogen (secondary N) is 7. The Morgan fingerprint density at radius 1 is 0.710 bits per heavy atom. The normalized spacial score (nSPS) is 16.6. The minimum Gasteiger partial charge on any atom is -0.508 e. The molecule has 20 nitrogen and oxygen atoms in total. The zero-order valence-electron chi connectivity index (χ0n) is 36.5. The van der Waals surface area contributed by atoms with Gasteiger partial charge in [-0.05, 0) is 68.1 Å². The molecule has 0 radical (unpaired) electrons. The summed E-state index contributed by atoms with van der Waals surface area (Å²) in [6.45, 7) is 11.3. The van der Waals surface area contributed by atoms with Crippen molar-refractivity contribution in [3.8, 4) is 5.75 Å². The number of carbonyl (C=O) groups excluding carboxylic acids is 8. The van der Waals surface area contributed by atoms with Gasteiger partial charge in [-0.3, -0.25) is 38.4 Å². The minimum absolute atomic E-state index is 0.000524. The maximum absolute atomic E-state index is 13.7. The Morgan fingerprint density at radius 3 is 1.82 bits per heavy atom. The van der Waals surface area contributed by atoms with Gasteiger partial charge in [0.05, 0.1) is 19.1 Å². The molecule has 7 atom stereocenters. The molecule has 1 aliphatic heterocycles. The van der Waals surface area contributed by atoms with Gasteiger partial charge in [-0.2, -0.15) is 12.6 Å². The molecule has 8 amide bonds. The molecule has 1 aromatic rings. The van der Waals surface area contributed by atoms with E-state index in [9.17, 15) is 53.4 Å². The zero-order chi connectivity index (χ0) is 46.8. The molecule has 1 fully saturated rings. The summed E-state index contributed by atoms with van der Waals surface area (Å²) in [5.41, 5.74) is 6.21. The highest BCUT2D eigenvalue weighted by Crippen LogP contribution is 2.18. The van der Waals surface area contributed by atoms with Gasteiger partial charge in [-0.25, -0.2) is 4.79 Å². The highest BCUT2D eigenvalue weighted by Gasteiger charge is 2.36. The van der Waals surface area contributed by atoms with Gasteiger partial charge in [0.25, 0.3) is 0 Å². The molecule has 62 heavy (non-hydrogen) atoms. The lowest BCUT2D eigenvalue weighted by Gasteiger charge is -2.28. The third-order valence-corrected chi connectivity index (χ3v) is 10.2. The summed E-state index contributed by atoms with van der Waals surface area (Å²) < 4.78 is 0. The highest BCUT2D eigenvalue weighted by molar-refractivity contribution is 7.80. The van der Waals surface area contributed by atoms with Crippen molar-refractivity contribution < 1.29 is 53.4 Å². The Bertz CT molecular complexity index is 1740. The van der Waals surface area contributed by atoms with E-state index in [1.54, 1.807) is 27.7 Å². The van der Waals surface area contributed by atoms with Gasteiger partial charge in [0.2, 0.25) is 47.3 Å². The number of phenols is 1. The number of aliphatic carboxylic acids is 1. The van der Waals surface area contributed by atoms with Crippen LogP contribution in [0.15, 0.2) is 24.3 Å². The van der Waals surface area contributed by atoms with E-state index in [0.29, 0.717) is 12.0 Å². The Morgan fingerprint density at radius 2 is 1.27 bits per heavy atom. The predicted octanol–water partition coefficient (Wildman–Crippen LogP) is -1.31. The van der Waals surface area contributed by atoms with E-state index in [1.165, 1.54) is 36.1 Å². The van der Waals surface area contributed by atoms with Gasteiger partial charge >= 0.3 is 5.97 Å². The monoisotopic (exact) mass is 891 g/mol. The molecule has 2 rings (SSSR count).